The summed E-state index contributed by atoms with van der Waals surface area (Å²) in [6.07, 6.45) is 5.87. The van der Waals surface area contributed by atoms with Crippen LogP contribution in [0.1, 0.15) is 5.69 Å². The van der Waals surface area contributed by atoms with E-state index in [1.807, 2.05) is 30.2 Å². The van der Waals surface area contributed by atoms with Crippen molar-refractivity contribution in [1.82, 2.24) is 24.3 Å². The highest BCUT2D eigenvalue weighted by Gasteiger charge is 2.33. The minimum absolute atomic E-state index is 0.713. The summed E-state index contributed by atoms with van der Waals surface area (Å²) in [6.45, 7) is 7.74. The van der Waals surface area contributed by atoms with Gasteiger partial charge >= 0.3 is 0 Å². The van der Waals surface area contributed by atoms with E-state index in [2.05, 4.69) is 43.0 Å². The second kappa shape index (κ2) is 6.29. The van der Waals surface area contributed by atoms with Crippen LogP contribution in [0.4, 0.5) is 5.82 Å². The lowest BCUT2D eigenvalue weighted by atomic mass is 10.1. The fraction of sp³-hybridized carbons (Fsp3) is 0.529. The zero-order valence-electron chi connectivity index (χ0n) is 13.7. The Morgan fingerprint density at radius 3 is 2.57 bits per heavy atom. The Hall–Kier alpha value is -1.92. The number of pyridine rings is 1. The maximum absolute atomic E-state index is 4.46. The van der Waals surface area contributed by atoms with Crippen molar-refractivity contribution in [3.8, 4) is 0 Å². The molecule has 6 heteroatoms. The van der Waals surface area contributed by atoms with Gasteiger partial charge in [-0.25, -0.2) is 9.97 Å². The molecule has 0 aromatic carbocycles. The van der Waals surface area contributed by atoms with Gasteiger partial charge in [0.25, 0.3) is 0 Å². The molecule has 2 fully saturated rings. The van der Waals surface area contributed by atoms with E-state index in [4.69, 9.17) is 0 Å². The van der Waals surface area contributed by atoms with Gasteiger partial charge in [0.1, 0.15) is 5.82 Å². The molecule has 0 unspecified atom stereocenters. The number of rotatable bonds is 4. The molecule has 4 heterocycles. The van der Waals surface area contributed by atoms with Crippen LogP contribution < -0.4 is 4.90 Å². The molecule has 2 aromatic rings. The third-order valence-corrected chi connectivity index (χ3v) is 4.89. The van der Waals surface area contributed by atoms with Crippen molar-refractivity contribution >= 4 is 5.82 Å². The summed E-state index contributed by atoms with van der Waals surface area (Å²) in [5, 5.41) is 0. The van der Waals surface area contributed by atoms with Crippen LogP contribution in [0.15, 0.2) is 36.9 Å². The van der Waals surface area contributed by atoms with E-state index in [1.54, 1.807) is 0 Å². The van der Waals surface area contributed by atoms with E-state index < -0.39 is 0 Å². The van der Waals surface area contributed by atoms with Crippen molar-refractivity contribution in [3.63, 3.8) is 0 Å². The number of anilines is 1. The molecule has 0 radical (unpaired) electrons. The fourth-order valence-corrected chi connectivity index (χ4v) is 3.54. The van der Waals surface area contributed by atoms with E-state index in [0.29, 0.717) is 6.04 Å². The average molecular weight is 312 g/mol. The van der Waals surface area contributed by atoms with Gasteiger partial charge in [0.2, 0.25) is 0 Å². The Bertz CT molecular complexity index is 626. The van der Waals surface area contributed by atoms with Gasteiger partial charge in [0, 0.05) is 71.3 Å². The second-order valence-corrected chi connectivity index (χ2v) is 6.59. The quantitative estimate of drug-likeness (QED) is 0.836. The predicted octanol–water partition coefficient (Wildman–Crippen LogP) is 0.821. The molecule has 0 aliphatic carbocycles. The molecule has 2 aliphatic heterocycles. The van der Waals surface area contributed by atoms with Gasteiger partial charge in [-0.3, -0.25) is 9.80 Å². The van der Waals surface area contributed by atoms with Gasteiger partial charge < -0.3 is 9.47 Å². The van der Waals surface area contributed by atoms with Gasteiger partial charge in [-0.05, 0) is 12.1 Å². The second-order valence-electron chi connectivity index (χ2n) is 6.59. The number of hydrogen-bond donors (Lipinski definition) is 0. The summed E-state index contributed by atoms with van der Waals surface area (Å²) in [4.78, 5) is 16.4. The summed E-state index contributed by atoms with van der Waals surface area (Å²) in [6, 6.07) is 6.86. The van der Waals surface area contributed by atoms with Crippen LogP contribution in [0.25, 0.3) is 0 Å². The first-order valence-electron chi connectivity index (χ1n) is 8.37. The molecule has 2 aromatic heterocycles. The summed E-state index contributed by atoms with van der Waals surface area (Å²) in [7, 11) is 2.02. The Morgan fingerprint density at radius 2 is 1.91 bits per heavy atom. The number of likely N-dealkylation sites (tertiary alicyclic amines) is 1. The maximum Gasteiger partial charge on any atom is 0.128 e. The number of imidazole rings is 1. The minimum atomic E-state index is 0.713. The molecule has 0 amide bonds. The molecule has 0 saturated carbocycles. The Labute approximate surface area is 137 Å². The van der Waals surface area contributed by atoms with E-state index in [-0.39, 0.29) is 0 Å². The summed E-state index contributed by atoms with van der Waals surface area (Å²) in [5.41, 5.74) is 1.17. The van der Waals surface area contributed by atoms with E-state index in [1.165, 1.54) is 18.8 Å². The molecule has 0 spiro atoms. The molecule has 0 N–H and O–H groups in total. The Morgan fingerprint density at radius 1 is 1.09 bits per heavy atom. The topological polar surface area (TPSA) is 40.4 Å². The lowest BCUT2D eigenvalue weighted by Crippen LogP contribution is -2.62. The van der Waals surface area contributed by atoms with Crippen LogP contribution >= 0.6 is 0 Å². The van der Waals surface area contributed by atoms with Gasteiger partial charge in [-0.2, -0.15) is 0 Å². The number of nitrogens with zero attached hydrogens (tertiary/aromatic N) is 6. The lowest BCUT2D eigenvalue weighted by molar-refractivity contribution is 0.0249. The van der Waals surface area contributed by atoms with Crippen molar-refractivity contribution in [1.29, 1.82) is 0 Å². The van der Waals surface area contributed by atoms with Crippen LogP contribution in [-0.4, -0.2) is 69.6 Å². The van der Waals surface area contributed by atoms with Crippen molar-refractivity contribution in [2.24, 2.45) is 7.05 Å². The van der Waals surface area contributed by atoms with Gasteiger partial charge in [-0.15, -0.1) is 0 Å². The smallest absolute Gasteiger partial charge is 0.128 e. The van der Waals surface area contributed by atoms with Gasteiger partial charge in [-0.1, -0.05) is 6.07 Å². The zero-order chi connectivity index (χ0) is 15.6. The van der Waals surface area contributed by atoms with Crippen LogP contribution in [0.5, 0.6) is 0 Å². The molecule has 23 heavy (non-hydrogen) atoms. The summed E-state index contributed by atoms with van der Waals surface area (Å²) < 4.78 is 2.02. The number of piperazine rings is 1. The van der Waals surface area contributed by atoms with Crippen LogP contribution in [0.2, 0.25) is 0 Å². The first-order valence-corrected chi connectivity index (χ1v) is 8.37. The fourth-order valence-electron chi connectivity index (χ4n) is 3.54. The van der Waals surface area contributed by atoms with E-state index in [9.17, 15) is 0 Å². The van der Waals surface area contributed by atoms with Crippen LogP contribution in [0, 0.1) is 0 Å². The monoisotopic (exact) mass is 312 g/mol. The van der Waals surface area contributed by atoms with Gasteiger partial charge in [0.05, 0.1) is 12.0 Å². The number of hydrogen-bond acceptors (Lipinski definition) is 5. The standard InChI is InChI=1S/C17H24N6/c1-20-10-15(19-14-20)11-21-12-16(13-21)22-6-8-23(9-7-22)17-4-2-3-5-18-17/h2-5,10,14,16H,6-9,11-13H2,1H3. The highest BCUT2D eigenvalue weighted by molar-refractivity contribution is 5.38. The lowest BCUT2D eigenvalue weighted by Gasteiger charge is -2.48. The third-order valence-electron chi connectivity index (χ3n) is 4.89. The summed E-state index contributed by atoms with van der Waals surface area (Å²) in [5.74, 6) is 1.11. The predicted molar refractivity (Wildman–Crippen MR) is 90.3 cm³/mol. The highest BCUT2D eigenvalue weighted by Crippen LogP contribution is 2.20. The Kier molecular flexibility index (Phi) is 4.01. The zero-order valence-corrected chi connectivity index (χ0v) is 13.7. The van der Waals surface area contributed by atoms with Crippen molar-refractivity contribution in [2.45, 2.75) is 12.6 Å². The first-order chi connectivity index (χ1) is 11.3. The molecule has 0 bridgehead atoms. The maximum atomic E-state index is 4.46. The van der Waals surface area contributed by atoms with Crippen molar-refractivity contribution in [2.75, 3.05) is 44.2 Å². The number of aryl methyl sites for hydroxylation is 1. The van der Waals surface area contributed by atoms with Gasteiger partial charge in [0.15, 0.2) is 0 Å². The SMILES string of the molecule is Cn1cnc(CN2CC(N3CCN(c4ccccn4)CC3)C2)c1. The molecule has 2 saturated heterocycles. The molecule has 0 atom stereocenters. The average Bonchev–Trinajstić information content (AvgIpc) is 2.97. The molecule has 6 nitrogen and oxygen atoms in total. The van der Waals surface area contributed by atoms with E-state index in [0.717, 1.165) is 38.5 Å². The highest BCUT2D eigenvalue weighted by atomic mass is 15.4. The molecular formula is C17H24N6. The normalized spacial score (nSPS) is 20.7. The van der Waals surface area contributed by atoms with E-state index >= 15 is 0 Å². The molecule has 122 valence electrons. The van der Waals surface area contributed by atoms with Crippen LogP contribution in [0.3, 0.4) is 0 Å². The third kappa shape index (κ3) is 3.23. The van der Waals surface area contributed by atoms with Crippen molar-refractivity contribution in [3.05, 3.63) is 42.6 Å². The van der Waals surface area contributed by atoms with Crippen molar-refractivity contribution < 1.29 is 0 Å². The molecule has 2 aliphatic rings. The van der Waals surface area contributed by atoms with Crippen LogP contribution in [-0.2, 0) is 13.6 Å². The molecular weight excluding hydrogens is 288 g/mol. The Balaban J connectivity index is 1.23. The minimum Gasteiger partial charge on any atom is -0.354 e. The largest absolute Gasteiger partial charge is 0.354 e. The molecule has 4 rings (SSSR count). The first kappa shape index (κ1) is 14.7. The number of aromatic nitrogens is 3. The summed E-state index contributed by atoms with van der Waals surface area (Å²) >= 11 is 0.